The van der Waals surface area contributed by atoms with E-state index in [0.29, 0.717) is 19.6 Å². The number of piperazine rings is 1. The third-order valence-corrected chi connectivity index (χ3v) is 4.76. The first-order chi connectivity index (χ1) is 11.5. The standard InChI is InChI=1S/C18H25N3O3/c1-14-4-6-15(7-5-14)21-10-9-20(13-18(21)24)17(23)12-19-8-2-3-16(22)11-19/h4-7,16,22H,2-3,8-13H2,1H3. The molecule has 2 fully saturated rings. The molecule has 1 aromatic carbocycles. The first-order valence-corrected chi connectivity index (χ1v) is 8.58. The van der Waals surface area contributed by atoms with Gasteiger partial charge in [0.2, 0.25) is 11.8 Å². The first-order valence-electron chi connectivity index (χ1n) is 8.58. The molecule has 0 bridgehead atoms. The van der Waals surface area contributed by atoms with Crippen LogP contribution in [0, 0.1) is 6.92 Å². The van der Waals surface area contributed by atoms with E-state index in [9.17, 15) is 14.7 Å². The van der Waals surface area contributed by atoms with Gasteiger partial charge in [0.1, 0.15) is 6.54 Å². The highest BCUT2D eigenvalue weighted by molar-refractivity contribution is 5.98. The Bertz CT molecular complexity index is 602. The number of hydrogen-bond acceptors (Lipinski definition) is 4. The van der Waals surface area contributed by atoms with E-state index in [2.05, 4.69) is 0 Å². The molecular weight excluding hydrogens is 306 g/mol. The summed E-state index contributed by atoms with van der Waals surface area (Å²) >= 11 is 0. The monoisotopic (exact) mass is 331 g/mol. The fourth-order valence-corrected chi connectivity index (χ4v) is 3.35. The molecule has 2 heterocycles. The van der Waals surface area contributed by atoms with E-state index in [4.69, 9.17) is 0 Å². The van der Waals surface area contributed by atoms with Crippen molar-refractivity contribution in [2.24, 2.45) is 0 Å². The fourth-order valence-electron chi connectivity index (χ4n) is 3.35. The fraction of sp³-hybridized carbons (Fsp3) is 0.556. The Balaban J connectivity index is 1.55. The molecule has 1 N–H and O–H groups in total. The largest absolute Gasteiger partial charge is 0.392 e. The van der Waals surface area contributed by atoms with E-state index in [1.807, 2.05) is 36.1 Å². The van der Waals surface area contributed by atoms with Gasteiger partial charge in [-0.15, -0.1) is 0 Å². The molecule has 0 radical (unpaired) electrons. The minimum absolute atomic E-state index is 0.0268. The lowest BCUT2D eigenvalue weighted by molar-refractivity contribution is -0.138. The number of piperidine rings is 1. The normalized spacial score (nSPS) is 22.8. The zero-order chi connectivity index (χ0) is 17.1. The second kappa shape index (κ2) is 7.32. The van der Waals surface area contributed by atoms with Crippen LogP contribution in [0.3, 0.4) is 0 Å². The molecule has 2 amide bonds. The zero-order valence-corrected chi connectivity index (χ0v) is 14.1. The maximum Gasteiger partial charge on any atom is 0.246 e. The average molecular weight is 331 g/mol. The van der Waals surface area contributed by atoms with Crippen LogP contribution in [0.2, 0.25) is 0 Å². The summed E-state index contributed by atoms with van der Waals surface area (Å²) in [5.41, 5.74) is 2.04. The number of rotatable bonds is 3. The van der Waals surface area contributed by atoms with Gasteiger partial charge in [0, 0.05) is 25.3 Å². The SMILES string of the molecule is Cc1ccc(N2CCN(C(=O)CN3CCCC(O)C3)CC2=O)cc1. The molecule has 0 saturated carbocycles. The summed E-state index contributed by atoms with van der Waals surface area (Å²) in [6.45, 7) is 4.88. The molecule has 24 heavy (non-hydrogen) atoms. The quantitative estimate of drug-likeness (QED) is 0.882. The van der Waals surface area contributed by atoms with Crippen molar-refractivity contribution >= 4 is 17.5 Å². The van der Waals surface area contributed by atoms with E-state index >= 15 is 0 Å². The van der Waals surface area contributed by atoms with Gasteiger partial charge in [-0.25, -0.2) is 0 Å². The molecule has 0 aromatic heterocycles. The molecule has 1 unspecified atom stereocenters. The highest BCUT2D eigenvalue weighted by atomic mass is 16.3. The Labute approximate surface area is 142 Å². The van der Waals surface area contributed by atoms with E-state index in [1.165, 1.54) is 0 Å². The van der Waals surface area contributed by atoms with Gasteiger partial charge in [-0.3, -0.25) is 14.5 Å². The Kier molecular flexibility index (Phi) is 5.16. The summed E-state index contributed by atoms with van der Waals surface area (Å²) < 4.78 is 0. The molecule has 2 saturated heterocycles. The number of carbonyl (C=O) groups excluding carboxylic acids is 2. The van der Waals surface area contributed by atoms with Crippen molar-refractivity contribution < 1.29 is 14.7 Å². The van der Waals surface area contributed by atoms with E-state index in [1.54, 1.807) is 9.80 Å². The van der Waals surface area contributed by atoms with Crippen LogP contribution in [0.1, 0.15) is 18.4 Å². The summed E-state index contributed by atoms with van der Waals surface area (Å²) in [4.78, 5) is 30.2. The van der Waals surface area contributed by atoms with Gasteiger partial charge in [-0.1, -0.05) is 17.7 Å². The van der Waals surface area contributed by atoms with E-state index in [-0.39, 0.29) is 31.0 Å². The van der Waals surface area contributed by atoms with Crippen molar-refractivity contribution in [3.63, 3.8) is 0 Å². The molecule has 1 aromatic rings. The van der Waals surface area contributed by atoms with Crippen molar-refractivity contribution in [2.45, 2.75) is 25.9 Å². The van der Waals surface area contributed by atoms with Gasteiger partial charge >= 0.3 is 0 Å². The summed E-state index contributed by atoms with van der Waals surface area (Å²) in [5.74, 6) is -0.0712. The van der Waals surface area contributed by atoms with Crippen molar-refractivity contribution in [3.8, 4) is 0 Å². The summed E-state index contributed by atoms with van der Waals surface area (Å²) in [6, 6.07) is 7.86. The van der Waals surface area contributed by atoms with Crippen LogP contribution in [0.25, 0.3) is 0 Å². The number of aliphatic hydroxyl groups excluding tert-OH is 1. The minimum atomic E-state index is -0.341. The summed E-state index contributed by atoms with van der Waals surface area (Å²) in [6.07, 6.45) is 1.37. The second-order valence-electron chi connectivity index (χ2n) is 6.73. The maximum absolute atomic E-state index is 12.4. The topological polar surface area (TPSA) is 64.1 Å². The molecule has 6 nitrogen and oxygen atoms in total. The Morgan fingerprint density at radius 1 is 1.21 bits per heavy atom. The van der Waals surface area contributed by atoms with Crippen molar-refractivity contribution in [1.82, 2.24) is 9.80 Å². The van der Waals surface area contributed by atoms with Gasteiger partial charge in [-0.2, -0.15) is 0 Å². The Morgan fingerprint density at radius 3 is 2.62 bits per heavy atom. The van der Waals surface area contributed by atoms with Gasteiger partial charge < -0.3 is 14.9 Å². The predicted molar refractivity (Wildman–Crippen MR) is 91.8 cm³/mol. The number of amides is 2. The lowest BCUT2D eigenvalue weighted by Gasteiger charge is -2.36. The van der Waals surface area contributed by atoms with E-state index in [0.717, 1.165) is 30.6 Å². The first kappa shape index (κ1) is 16.9. The maximum atomic E-state index is 12.4. The Hall–Kier alpha value is -1.92. The van der Waals surface area contributed by atoms with Crippen LogP contribution in [0.5, 0.6) is 0 Å². The molecule has 2 aliphatic rings. The molecule has 1 atom stereocenters. The molecular formula is C18H25N3O3. The van der Waals surface area contributed by atoms with Crippen LogP contribution in [-0.2, 0) is 9.59 Å². The number of anilines is 1. The smallest absolute Gasteiger partial charge is 0.246 e. The third-order valence-electron chi connectivity index (χ3n) is 4.76. The molecule has 6 heteroatoms. The summed E-state index contributed by atoms with van der Waals surface area (Å²) in [5, 5.41) is 9.70. The van der Waals surface area contributed by atoms with Crippen LogP contribution in [-0.4, -0.2) is 72.1 Å². The van der Waals surface area contributed by atoms with Crippen molar-refractivity contribution in [2.75, 3.05) is 44.2 Å². The molecule has 0 spiro atoms. The second-order valence-corrected chi connectivity index (χ2v) is 6.73. The number of likely N-dealkylation sites (tertiary alicyclic amines) is 1. The van der Waals surface area contributed by atoms with Crippen LogP contribution >= 0.6 is 0 Å². The summed E-state index contributed by atoms with van der Waals surface area (Å²) in [7, 11) is 0. The number of carbonyl (C=O) groups is 2. The number of nitrogens with zero attached hydrogens (tertiary/aromatic N) is 3. The Morgan fingerprint density at radius 2 is 1.96 bits per heavy atom. The third kappa shape index (κ3) is 3.94. The zero-order valence-electron chi connectivity index (χ0n) is 14.1. The van der Waals surface area contributed by atoms with Gasteiger partial charge in [-0.05, 0) is 38.4 Å². The van der Waals surface area contributed by atoms with Crippen molar-refractivity contribution in [1.29, 1.82) is 0 Å². The van der Waals surface area contributed by atoms with Gasteiger partial charge in [0.25, 0.3) is 0 Å². The molecule has 2 aliphatic heterocycles. The lowest BCUT2D eigenvalue weighted by Crippen LogP contribution is -2.55. The number of aliphatic hydroxyl groups is 1. The number of hydrogen-bond donors (Lipinski definition) is 1. The highest BCUT2D eigenvalue weighted by Crippen LogP contribution is 2.18. The van der Waals surface area contributed by atoms with Crippen LogP contribution in [0.4, 0.5) is 5.69 Å². The minimum Gasteiger partial charge on any atom is -0.392 e. The number of aryl methyl sites for hydroxylation is 1. The van der Waals surface area contributed by atoms with Crippen molar-refractivity contribution in [3.05, 3.63) is 29.8 Å². The van der Waals surface area contributed by atoms with Crippen LogP contribution < -0.4 is 4.90 Å². The predicted octanol–water partition coefficient (Wildman–Crippen LogP) is 0.627. The van der Waals surface area contributed by atoms with Gasteiger partial charge in [0.15, 0.2) is 0 Å². The molecule has 130 valence electrons. The lowest BCUT2D eigenvalue weighted by atomic mass is 10.1. The van der Waals surface area contributed by atoms with Crippen LogP contribution in [0.15, 0.2) is 24.3 Å². The average Bonchev–Trinajstić information content (AvgIpc) is 2.56. The number of benzene rings is 1. The number of β-amino-alcohol motifs (C(OH)–C–C–N with tert-alkyl or cyclic N) is 1. The van der Waals surface area contributed by atoms with E-state index < -0.39 is 0 Å². The molecule has 0 aliphatic carbocycles. The highest BCUT2D eigenvalue weighted by Gasteiger charge is 2.29. The van der Waals surface area contributed by atoms with Gasteiger partial charge in [0.05, 0.1) is 12.6 Å². The molecule has 3 rings (SSSR count).